The van der Waals surface area contributed by atoms with Crippen LogP contribution in [0.15, 0.2) is 72.9 Å². The highest BCUT2D eigenvalue weighted by Crippen LogP contribution is 2.27. The number of carbonyl (C=O) groups excluding carboxylic acids is 1. The smallest absolute Gasteiger partial charge is 0.340 e. The van der Waals surface area contributed by atoms with Gasteiger partial charge in [-0.25, -0.2) is 4.98 Å². The van der Waals surface area contributed by atoms with E-state index in [4.69, 9.17) is 0 Å². The van der Waals surface area contributed by atoms with Crippen LogP contribution in [0, 0.1) is 13.8 Å². The molecule has 0 aliphatic rings. The molecule has 2 aromatic carbocycles. The minimum absolute atomic E-state index is 0.0188. The summed E-state index contributed by atoms with van der Waals surface area (Å²) >= 11 is 0. The zero-order valence-corrected chi connectivity index (χ0v) is 18.8. The first kappa shape index (κ1) is 23.7. The van der Waals surface area contributed by atoms with E-state index in [2.05, 4.69) is 30.9 Å². The molecule has 3 N–H and O–H groups in total. The second-order valence-electron chi connectivity index (χ2n) is 7.80. The Labute approximate surface area is 199 Å². The highest BCUT2D eigenvalue weighted by Gasteiger charge is 2.32. The van der Waals surface area contributed by atoms with Gasteiger partial charge in [-0.3, -0.25) is 9.78 Å². The average molecular weight is 478 g/mol. The van der Waals surface area contributed by atoms with E-state index in [0.717, 1.165) is 41.0 Å². The van der Waals surface area contributed by atoms with Crippen molar-refractivity contribution in [2.75, 3.05) is 16.0 Å². The van der Waals surface area contributed by atoms with E-state index in [0.29, 0.717) is 17.5 Å². The molecule has 0 saturated carbocycles. The highest BCUT2D eigenvalue weighted by atomic mass is 19.4. The second-order valence-corrected chi connectivity index (χ2v) is 7.80. The third-order valence-corrected chi connectivity index (χ3v) is 4.89. The van der Waals surface area contributed by atoms with Gasteiger partial charge in [-0.2, -0.15) is 18.2 Å². The van der Waals surface area contributed by atoms with Crippen LogP contribution in [0.1, 0.15) is 27.3 Å². The van der Waals surface area contributed by atoms with Crippen LogP contribution < -0.4 is 16.0 Å². The Bertz CT molecular complexity index is 1320. The molecule has 2 heterocycles. The molecule has 0 bridgehead atoms. The van der Waals surface area contributed by atoms with Gasteiger partial charge in [-0.1, -0.05) is 17.7 Å². The van der Waals surface area contributed by atoms with Gasteiger partial charge in [0.05, 0.1) is 5.56 Å². The number of hydrogen-bond donors (Lipinski definition) is 3. The maximum Gasteiger partial charge on any atom is 0.433 e. The summed E-state index contributed by atoms with van der Waals surface area (Å²) < 4.78 is 37.9. The van der Waals surface area contributed by atoms with Crippen molar-refractivity contribution in [3.63, 3.8) is 0 Å². The number of rotatable bonds is 6. The molecule has 178 valence electrons. The van der Waals surface area contributed by atoms with Crippen molar-refractivity contribution in [3.8, 4) is 0 Å². The van der Waals surface area contributed by atoms with Gasteiger partial charge in [-0.15, -0.1) is 0 Å². The predicted octanol–water partition coefficient (Wildman–Crippen LogP) is 6.25. The van der Waals surface area contributed by atoms with Crippen LogP contribution in [-0.2, 0) is 6.18 Å². The fourth-order valence-electron chi connectivity index (χ4n) is 3.14. The largest absolute Gasteiger partial charge is 0.433 e. The first-order valence-electron chi connectivity index (χ1n) is 10.6. The lowest BCUT2D eigenvalue weighted by molar-refractivity contribution is -0.141. The Morgan fingerprint density at radius 3 is 2.06 bits per heavy atom. The molecule has 0 radical (unpaired) electrons. The summed E-state index contributed by atoms with van der Waals surface area (Å²) in [5, 5.41) is 9.00. The maximum atomic E-state index is 12.6. The topological polar surface area (TPSA) is 91.8 Å². The lowest BCUT2D eigenvalue weighted by Crippen LogP contribution is -2.14. The van der Waals surface area contributed by atoms with Crippen molar-refractivity contribution in [2.45, 2.75) is 20.0 Å². The molecule has 4 aromatic rings. The molecule has 0 aliphatic carbocycles. The van der Waals surface area contributed by atoms with Gasteiger partial charge in [0.2, 0.25) is 5.95 Å². The number of benzene rings is 2. The molecule has 35 heavy (non-hydrogen) atoms. The first-order chi connectivity index (χ1) is 16.7. The Kier molecular flexibility index (Phi) is 6.63. The Morgan fingerprint density at radius 1 is 0.800 bits per heavy atom. The van der Waals surface area contributed by atoms with Crippen LogP contribution in [0.4, 0.5) is 42.0 Å². The van der Waals surface area contributed by atoms with Crippen molar-refractivity contribution < 1.29 is 18.0 Å². The van der Waals surface area contributed by atoms with Crippen LogP contribution in [0.2, 0.25) is 0 Å². The fourth-order valence-corrected chi connectivity index (χ4v) is 3.14. The van der Waals surface area contributed by atoms with Crippen molar-refractivity contribution in [1.82, 2.24) is 15.0 Å². The van der Waals surface area contributed by atoms with Crippen molar-refractivity contribution in [2.24, 2.45) is 0 Å². The second kappa shape index (κ2) is 9.80. The maximum absolute atomic E-state index is 12.6. The summed E-state index contributed by atoms with van der Waals surface area (Å²) in [5.41, 5.74) is 2.95. The number of hydrogen-bond acceptors (Lipinski definition) is 6. The van der Waals surface area contributed by atoms with Gasteiger partial charge >= 0.3 is 6.18 Å². The first-order valence-corrected chi connectivity index (χ1v) is 10.6. The van der Waals surface area contributed by atoms with E-state index in [9.17, 15) is 18.0 Å². The third kappa shape index (κ3) is 6.32. The fraction of sp³-hybridized carbons (Fsp3) is 0.120. The molecule has 0 unspecified atom stereocenters. The summed E-state index contributed by atoms with van der Waals surface area (Å²) in [6.45, 7) is 3.87. The van der Waals surface area contributed by atoms with Gasteiger partial charge in [-0.05, 0) is 62.4 Å². The molecule has 0 fully saturated rings. The molecule has 0 atom stereocenters. The highest BCUT2D eigenvalue weighted by molar-refractivity contribution is 6.04. The Hall–Kier alpha value is -4.47. The van der Waals surface area contributed by atoms with E-state index in [1.165, 1.54) is 0 Å². The Balaban J connectivity index is 1.40. The summed E-state index contributed by atoms with van der Waals surface area (Å²) in [6, 6.07) is 18.3. The zero-order valence-electron chi connectivity index (χ0n) is 18.8. The SMILES string of the molecule is Cc1ccc(Nc2nc(C)cc(Nc3ccc(NC(=O)c4ccc(C(F)(F)F)nc4)cc3)n2)cc1. The van der Waals surface area contributed by atoms with Crippen LogP contribution >= 0.6 is 0 Å². The molecule has 1 amide bonds. The van der Waals surface area contributed by atoms with E-state index in [-0.39, 0.29) is 5.56 Å². The minimum Gasteiger partial charge on any atom is -0.340 e. The number of nitrogens with zero attached hydrogens (tertiary/aromatic N) is 3. The molecule has 10 heteroatoms. The number of pyridine rings is 1. The average Bonchev–Trinajstić information content (AvgIpc) is 2.81. The van der Waals surface area contributed by atoms with E-state index in [1.54, 1.807) is 30.3 Å². The third-order valence-electron chi connectivity index (χ3n) is 4.89. The van der Waals surface area contributed by atoms with Gasteiger partial charge in [0, 0.05) is 35.0 Å². The molecule has 0 spiro atoms. The van der Waals surface area contributed by atoms with Gasteiger partial charge in [0.15, 0.2) is 0 Å². The van der Waals surface area contributed by atoms with Crippen LogP contribution in [0.5, 0.6) is 0 Å². The van der Waals surface area contributed by atoms with Crippen molar-refractivity contribution in [3.05, 3.63) is 95.4 Å². The molecule has 2 aromatic heterocycles. The molecule has 7 nitrogen and oxygen atoms in total. The molecule has 0 aliphatic heterocycles. The summed E-state index contributed by atoms with van der Waals surface area (Å²) in [6.07, 6.45) is -3.66. The number of alkyl halides is 3. The lowest BCUT2D eigenvalue weighted by atomic mass is 10.2. The minimum atomic E-state index is -4.56. The molecule has 4 rings (SSSR count). The Morgan fingerprint density at radius 2 is 1.43 bits per heavy atom. The summed E-state index contributed by atoms with van der Waals surface area (Å²) in [7, 11) is 0. The van der Waals surface area contributed by atoms with E-state index >= 15 is 0 Å². The number of nitrogens with one attached hydrogen (secondary N) is 3. The van der Waals surface area contributed by atoms with Crippen LogP contribution in [0.25, 0.3) is 0 Å². The van der Waals surface area contributed by atoms with Gasteiger partial charge < -0.3 is 16.0 Å². The molecule has 0 saturated heterocycles. The number of aromatic nitrogens is 3. The number of carbonyl (C=O) groups is 1. The standard InChI is InChI=1S/C25H21F3N6O/c1-15-3-6-20(7-4-15)33-24-30-16(2)13-22(34-24)31-18-8-10-19(11-9-18)32-23(35)17-5-12-21(29-14-17)25(26,27)28/h3-14H,1-2H3,(H,32,35)(H2,30,31,33,34). The lowest BCUT2D eigenvalue weighted by Gasteiger charge is -2.11. The quantitative estimate of drug-likeness (QED) is 0.304. The number of anilines is 5. The number of amides is 1. The normalized spacial score (nSPS) is 11.1. The van der Waals surface area contributed by atoms with Gasteiger partial charge in [0.25, 0.3) is 5.91 Å². The van der Waals surface area contributed by atoms with Crippen molar-refractivity contribution >= 4 is 34.7 Å². The number of halogens is 3. The van der Waals surface area contributed by atoms with Crippen LogP contribution in [-0.4, -0.2) is 20.9 Å². The zero-order chi connectivity index (χ0) is 25.0. The molecular weight excluding hydrogens is 457 g/mol. The van der Waals surface area contributed by atoms with E-state index < -0.39 is 17.8 Å². The van der Waals surface area contributed by atoms with Gasteiger partial charge in [0.1, 0.15) is 11.5 Å². The van der Waals surface area contributed by atoms with Crippen molar-refractivity contribution in [1.29, 1.82) is 0 Å². The predicted molar refractivity (Wildman–Crippen MR) is 128 cm³/mol. The van der Waals surface area contributed by atoms with Crippen LogP contribution in [0.3, 0.4) is 0 Å². The molecular formula is C25H21F3N6O. The number of aryl methyl sites for hydroxylation is 2. The summed E-state index contributed by atoms with van der Waals surface area (Å²) in [4.78, 5) is 24.5. The monoisotopic (exact) mass is 478 g/mol. The van der Waals surface area contributed by atoms with E-state index in [1.807, 2.05) is 38.1 Å². The summed E-state index contributed by atoms with van der Waals surface area (Å²) in [5.74, 6) is 0.468.